The van der Waals surface area contributed by atoms with Crippen molar-refractivity contribution in [3.05, 3.63) is 78.8 Å². The Morgan fingerprint density at radius 3 is 1.89 bits per heavy atom. The fourth-order valence-electron chi connectivity index (χ4n) is 4.12. The molecule has 0 heterocycles. The first-order valence-corrected chi connectivity index (χ1v) is 8.96. The van der Waals surface area contributed by atoms with E-state index in [0.717, 1.165) is 16.2 Å². The van der Waals surface area contributed by atoms with E-state index in [4.69, 9.17) is 23.2 Å². The molecule has 0 aromatic heterocycles. The van der Waals surface area contributed by atoms with Gasteiger partial charge in [-0.15, -0.1) is 0 Å². The van der Waals surface area contributed by atoms with Crippen LogP contribution in [0.5, 0.6) is 0 Å². The highest BCUT2D eigenvalue weighted by atomic mass is 35.5. The van der Waals surface area contributed by atoms with Gasteiger partial charge in [0, 0.05) is 10.8 Å². The van der Waals surface area contributed by atoms with E-state index in [2.05, 4.69) is 0 Å². The number of hydrogen-bond donors (Lipinski definition) is 0. The van der Waals surface area contributed by atoms with Crippen LogP contribution in [0.2, 0.25) is 10.0 Å². The van der Waals surface area contributed by atoms with Crippen molar-refractivity contribution < 1.29 is 9.85 Å². The van der Waals surface area contributed by atoms with Gasteiger partial charge in [-0.3, -0.25) is 20.2 Å². The van der Waals surface area contributed by atoms with Gasteiger partial charge < -0.3 is 0 Å². The van der Waals surface area contributed by atoms with Crippen molar-refractivity contribution in [2.45, 2.75) is 0 Å². The van der Waals surface area contributed by atoms with Gasteiger partial charge >= 0.3 is 11.4 Å². The van der Waals surface area contributed by atoms with Gasteiger partial charge in [-0.1, -0.05) is 65.7 Å². The largest absolute Gasteiger partial charge is 0.365 e. The summed E-state index contributed by atoms with van der Waals surface area (Å²) >= 11 is 12.7. The molecule has 6 nitrogen and oxygen atoms in total. The van der Waals surface area contributed by atoms with Crippen molar-refractivity contribution in [3.8, 4) is 0 Å². The Bertz CT molecular complexity index is 1490. The lowest BCUT2D eigenvalue weighted by Crippen LogP contribution is -2.01. The Balaban J connectivity index is 2.31. The van der Waals surface area contributed by atoms with Crippen LogP contribution in [-0.4, -0.2) is 9.85 Å². The quantitative estimate of drug-likeness (QED) is 0.137. The van der Waals surface area contributed by atoms with E-state index in [1.165, 1.54) is 0 Å². The second kappa shape index (κ2) is 5.64. The number of hydrogen-bond acceptors (Lipinski definition) is 4. The first kappa shape index (κ1) is 16.9. The van der Waals surface area contributed by atoms with Crippen molar-refractivity contribution in [1.29, 1.82) is 0 Å². The summed E-state index contributed by atoms with van der Waals surface area (Å²) in [6, 6.07) is 14.5. The van der Waals surface area contributed by atoms with Crippen molar-refractivity contribution in [2.75, 3.05) is 0 Å². The summed E-state index contributed by atoms with van der Waals surface area (Å²) in [5.74, 6) is 0. The molecule has 0 saturated heterocycles. The number of benzene rings is 5. The van der Waals surface area contributed by atoms with Crippen LogP contribution in [-0.2, 0) is 0 Å². The van der Waals surface area contributed by atoms with Gasteiger partial charge in [-0.05, 0) is 33.0 Å². The second-order valence-corrected chi connectivity index (χ2v) is 7.24. The van der Waals surface area contributed by atoms with E-state index < -0.39 is 21.2 Å². The van der Waals surface area contributed by atoms with Gasteiger partial charge in [0.2, 0.25) is 0 Å². The molecule has 5 rings (SSSR count). The minimum absolute atomic E-state index is 0.179. The Morgan fingerprint density at radius 1 is 0.643 bits per heavy atom. The predicted molar refractivity (Wildman–Crippen MR) is 111 cm³/mol. The van der Waals surface area contributed by atoms with E-state index in [1.807, 2.05) is 24.3 Å². The second-order valence-electron chi connectivity index (χ2n) is 6.45. The van der Waals surface area contributed by atoms with Gasteiger partial charge in [0.1, 0.15) is 5.02 Å². The zero-order chi connectivity index (χ0) is 19.7. The summed E-state index contributed by atoms with van der Waals surface area (Å²) in [6.07, 6.45) is 0. The lowest BCUT2D eigenvalue weighted by Gasteiger charge is -2.16. The highest BCUT2D eigenvalue weighted by Crippen LogP contribution is 2.52. The van der Waals surface area contributed by atoms with Crippen LogP contribution in [0.15, 0.2) is 48.5 Å². The van der Waals surface area contributed by atoms with E-state index in [0.29, 0.717) is 16.2 Å². The smallest absolute Gasteiger partial charge is 0.258 e. The summed E-state index contributed by atoms with van der Waals surface area (Å²) < 4.78 is 0. The number of nitro groups is 2. The lowest BCUT2D eigenvalue weighted by molar-refractivity contribution is -0.421. The SMILES string of the molecule is O=[N+]([O-])c1c(Cl)c2c(Cl)ccc3c4cccc5cccc(c(c1[N+](=O)[O-])c23)c54. The Kier molecular flexibility index (Phi) is 3.41. The predicted octanol–water partition coefficient (Wildman–Crippen LogP) is 6.86. The van der Waals surface area contributed by atoms with Crippen LogP contribution < -0.4 is 0 Å². The highest BCUT2D eigenvalue weighted by Gasteiger charge is 2.36. The molecular weight excluding hydrogens is 403 g/mol. The number of fused-ring (bicyclic) bond motifs is 2. The van der Waals surface area contributed by atoms with Crippen LogP contribution in [0.1, 0.15) is 0 Å². The molecular formula is C20H8Cl2N2O4. The molecule has 0 saturated carbocycles. The first-order valence-electron chi connectivity index (χ1n) is 8.20. The Hall–Kier alpha value is -3.22. The van der Waals surface area contributed by atoms with E-state index in [1.54, 1.807) is 24.3 Å². The molecule has 8 heteroatoms. The monoisotopic (exact) mass is 410 g/mol. The maximum Gasteiger partial charge on any atom is 0.365 e. The van der Waals surface area contributed by atoms with E-state index in [-0.39, 0.29) is 20.8 Å². The Morgan fingerprint density at radius 2 is 1.25 bits per heavy atom. The van der Waals surface area contributed by atoms with Gasteiger partial charge in [0.15, 0.2) is 0 Å². The topological polar surface area (TPSA) is 86.3 Å². The molecule has 5 aromatic rings. The Labute approximate surface area is 166 Å². The van der Waals surface area contributed by atoms with E-state index in [9.17, 15) is 20.2 Å². The van der Waals surface area contributed by atoms with Gasteiger partial charge in [-0.25, -0.2) is 0 Å². The van der Waals surface area contributed by atoms with Gasteiger partial charge in [0.05, 0.1) is 20.3 Å². The maximum absolute atomic E-state index is 12.0. The maximum atomic E-state index is 12.0. The average Bonchev–Trinajstić information content (AvgIpc) is 2.66. The minimum atomic E-state index is -0.819. The summed E-state index contributed by atoms with van der Waals surface area (Å²) in [4.78, 5) is 22.1. The first-order chi connectivity index (χ1) is 13.4. The number of halogens is 2. The molecule has 0 bridgehead atoms. The zero-order valence-electron chi connectivity index (χ0n) is 13.9. The molecule has 0 aliphatic rings. The number of nitrogens with zero attached hydrogens (tertiary/aromatic N) is 2. The molecule has 0 radical (unpaired) electrons. The zero-order valence-corrected chi connectivity index (χ0v) is 15.4. The van der Waals surface area contributed by atoms with E-state index >= 15 is 0 Å². The molecule has 0 aliphatic heterocycles. The molecule has 5 aromatic carbocycles. The van der Waals surface area contributed by atoms with Crippen molar-refractivity contribution in [2.24, 2.45) is 0 Å². The molecule has 0 N–H and O–H groups in total. The van der Waals surface area contributed by atoms with Crippen LogP contribution in [0.25, 0.3) is 43.1 Å². The molecule has 28 heavy (non-hydrogen) atoms. The molecule has 0 amide bonds. The van der Waals surface area contributed by atoms with Gasteiger partial charge in [0.25, 0.3) is 0 Å². The van der Waals surface area contributed by atoms with Crippen molar-refractivity contribution >= 4 is 77.7 Å². The van der Waals surface area contributed by atoms with Crippen molar-refractivity contribution in [1.82, 2.24) is 0 Å². The highest BCUT2D eigenvalue weighted by molar-refractivity contribution is 6.49. The summed E-state index contributed by atoms with van der Waals surface area (Å²) in [5.41, 5.74) is -1.36. The minimum Gasteiger partial charge on any atom is -0.258 e. The summed E-state index contributed by atoms with van der Waals surface area (Å²) in [5, 5.41) is 28.3. The molecule has 0 atom stereocenters. The third-order valence-electron chi connectivity index (χ3n) is 5.12. The van der Waals surface area contributed by atoms with Gasteiger partial charge in [-0.2, -0.15) is 0 Å². The molecule has 136 valence electrons. The standard InChI is InChI=1S/C20H8Cl2N2O4/c21-13-8-7-11-10-5-1-3-9-4-2-6-12(14(9)10)16-15(11)17(13)18(22)20(24(27)28)19(16)23(25)26/h1-8H. The summed E-state index contributed by atoms with van der Waals surface area (Å²) in [6.45, 7) is 0. The summed E-state index contributed by atoms with van der Waals surface area (Å²) in [7, 11) is 0. The average molecular weight is 411 g/mol. The molecule has 0 spiro atoms. The molecule has 0 aliphatic carbocycles. The number of nitro benzene ring substituents is 2. The fraction of sp³-hybridized carbons (Fsp3) is 0. The van der Waals surface area contributed by atoms with Crippen molar-refractivity contribution in [3.63, 3.8) is 0 Å². The lowest BCUT2D eigenvalue weighted by atomic mass is 9.88. The molecule has 0 unspecified atom stereocenters. The number of rotatable bonds is 2. The third kappa shape index (κ3) is 1.99. The van der Waals surface area contributed by atoms with Crippen LogP contribution in [0, 0.1) is 20.2 Å². The third-order valence-corrected chi connectivity index (χ3v) is 5.81. The van der Waals surface area contributed by atoms with Crippen LogP contribution in [0.3, 0.4) is 0 Å². The van der Waals surface area contributed by atoms with Crippen LogP contribution in [0.4, 0.5) is 11.4 Å². The normalized spacial score (nSPS) is 11.8. The van der Waals surface area contributed by atoms with Crippen LogP contribution >= 0.6 is 23.2 Å². The fourth-order valence-corrected chi connectivity index (χ4v) is 4.77. The molecule has 0 fully saturated rings.